The Labute approximate surface area is 166 Å². The van der Waals surface area contributed by atoms with E-state index in [0.29, 0.717) is 12.8 Å². The van der Waals surface area contributed by atoms with Gasteiger partial charge < -0.3 is 10.8 Å². The standard InChI is InChI=1S/C24H28N2O2/c1-16-7-8-18-12-21-24(28)14-19(22(25)27)13-23(24,20(18)11-16)9-10-26(21)15-17-5-3-2-4-6-17/h2-8,11,19,21,28H,9-10,12-15H2,1H3,(H2,25,27)/t19?,21-,23-,24-/m1/s1. The van der Waals surface area contributed by atoms with Crippen LogP contribution in [0.2, 0.25) is 0 Å². The smallest absolute Gasteiger partial charge is 0.220 e. The highest BCUT2D eigenvalue weighted by Gasteiger charge is 2.67. The number of primary amides is 1. The Bertz CT molecular complexity index is 927. The Morgan fingerprint density at radius 2 is 2.00 bits per heavy atom. The summed E-state index contributed by atoms with van der Waals surface area (Å²) >= 11 is 0. The molecule has 1 saturated carbocycles. The molecule has 2 aromatic carbocycles. The number of aryl methyl sites for hydroxylation is 1. The molecule has 1 amide bonds. The molecule has 0 aromatic heterocycles. The summed E-state index contributed by atoms with van der Waals surface area (Å²) < 4.78 is 0. The van der Waals surface area contributed by atoms with Gasteiger partial charge in [0.25, 0.3) is 0 Å². The van der Waals surface area contributed by atoms with E-state index in [1.807, 2.05) is 6.07 Å². The van der Waals surface area contributed by atoms with Crippen molar-refractivity contribution in [3.8, 4) is 0 Å². The highest BCUT2D eigenvalue weighted by Crippen LogP contribution is 2.61. The third kappa shape index (κ3) is 2.41. The van der Waals surface area contributed by atoms with Crippen LogP contribution in [0.25, 0.3) is 0 Å². The van der Waals surface area contributed by atoms with E-state index in [2.05, 4.69) is 54.3 Å². The zero-order valence-corrected chi connectivity index (χ0v) is 16.4. The number of hydrogen-bond acceptors (Lipinski definition) is 3. The van der Waals surface area contributed by atoms with E-state index >= 15 is 0 Å². The number of likely N-dealkylation sites (tertiary alicyclic amines) is 1. The molecule has 5 rings (SSSR count). The van der Waals surface area contributed by atoms with E-state index in [1.54, 1.807) is 0 Å². The summed E-state index contributed by atoms with van der Waals surface area (Å²) in [6, 6.07) is 17.1. The summed E-state index contributed by atoms with van der Waals surface area (Å²) in [5.74, 6) is -0.526. The number of rotatable bonds is 3. The molecule has 2 aliphatic carbocycles. The molecule has 4 atom stereocenters. The van der Waals surface area contributed by atoms with Gasteiger partial charge in [-0.25, -0.2) is 0 Å². The van der Waals surface area contributed by atoms with Gasteiger partial charge in [-0.05, 0) is 55.8 Å². The molecule has 4 nitrogen and oxygen atoms in total. The summed E-state index contributed by atoms with van der Waals surface area (Å²) in [6.07, 6.45) is 2.84. The van der Waals surface area contributed by atoms with Crippen molar-refractivity contribution in [2.45, 2.75) is 56.2 Å². The second-order valence-corrected chi connectivity index (χ2v) is 9.10. The topological polar surface area (TPSA) is 66.6 Å². The summed E-state index contributed by atoms with van der Waals surface area (Å²) in [7, 11) is 0. The van der Waals surface area contributed by atoms with Gasteiger partial charge in [-0.2, -0.15) is 0 Å². The van der Waals surface area contributed by atoms with Crippen molar-refractivity contribution in [2.75, 3.05) is 6.54 Å². The summed E-state index contributed by atoms with van der Waals surface area (Å²) in [6.45, 7) is 3.86. The van der Waals surface area contributed by atoms with Crippen LogP contribution >= 0.6 is 0 Å². The number of nitrogens with two attached hydrogens (primary N) is 1. The zero-order valence-electron chi connectivity index (χ0n) is 16.4. The monoisotopic (exact) mass is 376 g/mol. The lowest BCUT2D eigenvalue weighted by molar-refractivity contribution is -0.134. The maximum Gasteiger partial charge on any atom is 0.220 e. The van der Waals surface area contributed by atoms with E-state index in [4.69, 9.17) is 5.73 Å². The van der Waals surface area contributed by atoms with Gasteiger partial charge in [-0.1, -0.05) is 54.1 Å². The average molecular weight is 377 g/mol. The third-order valence-electron chi connectivity index (χ3n) is 7.62. The Kier molecular flexibility index (Phi) is 3.94. The van der Waals surface area contributed by atoms with Crippen molar-refractivity contribution < 1.29 is 9.90 Å². The lowest BCUT2D eigenvalue weighted by Gasteiger charge is -2.59. The van der Waals surface area contributed by atoms with E-state index < -0.39 is 5.60 Å². The Morgan fingerprint density at radius 3 is 2.75 bits per heavy atom. The second kappa shape index (κ2) is 6.16. The summed E-state index contributed by atoms with van der Waals surface area (Å²) in [4.78, 5) is 14.6. The number of carbonyl (C=O) groups is 1. The summed E-state index contributed by atoms with van der Waals surface area (Å²) in [5, 5.41) is 12.1. The zero-order chi connectivity index (χ0) is 19.5. The largest absolute Gasteiger partial charge is 0.387 e. The molecular formula is C24H28N2O2. The fourth-order valence-corrected chi connectivity index (χ4v) is 6.31. The van der Waals surface area contributed by atoms with Crippen LogP contribution in [0, 0.1) is 12.8 Å². The maximum atomic E-state index is 12.1. The van der Waals surface area contributed by atoms with Gasteiger partial charge in [0.15, 0.2) is 0 Å². The molecule has 3 N–H and O–H groups in total. The fraction of sp³-hybridized carbons (Fsp3) is 0.458. The minimum Gasteiger partial charge on any atom is -0.387 e. The van der Waals surface area contributed by atoms with Crippen molar-refractivity contribution >= 4 is 5.91 Å². The van der Waals surface area contributed by atoms with Gasteiger partial charge in [-0.3, -0.25) is 9.69 Å². The molecule has 2 bridgehead atoms. The number of aliphatic hydroxyl groups is 1. The van der Waals surface area contributed by atoms with Crippen molar-refractivity contribution in [3.05, 3.63) is 70.8 Å². The first kappa shape index (κ1) is 17.9. The number of nitrogens with zero attached hydrogens (tertiary/aromatic N) is 1. The molecule has 1 saturated heterocycles. The molecule has 0 radical (unpaired) electrons. The molecule has 146 valence electrons. The van der Waals surface area contributed by atoms with Gasteiger partial charge in [0, 0.05) is 23.9 Å². The van der Waals surface area contributed by atoms with Crippen LogP contribution in [0.1, 0.15) is 41.5 Å². The predicted molar refractivity (Wildman–Crippen MR) is 109 cm³/mol. The van der Waals surface area contributed by atoms with Crippen LogP contribution < -0.4 is 5.73 Å². The predicted octanol–water partition coefficient (Wildman–Crippen LogP) is 2.69. The van der Waals surface area contributed by atoms with Gasteiger partial charge in [0.2, 0.25) is 5.91 Å². The van der Waals surface area contributed by atoms with E-state index in [9.17, 15) is 9.90 Å². The molecule has 2 fully saturated rings. The van der Waals surface area contributed by atoms with E-state index in [1.165, 1.54) is 22.3 Å². The Balaban J connectivity index is 1.61. The van der Waals surface area contributed by atoms with Crippen LogP contribution in [0.15, 0.2) is 48.5 Å². The number of fused-ring (bicyclic) bond motifs is 1. The first-order chi connectivity index (χ1) is 13.4. The highest BCUT2D eigenvalue weighted by molar-refractivity contribution is 5.78. The van der Waals surface area contributed by atoms with Crippen molar-refractivity contribution in [1.29, 1.82) is 0 Å². The molecule has 28 heavy (non-hydrogen) atoms. The number of benzene rings is 2. The molecule has 2 aromatic rings. The van der Waals surface area contributed by atoms with Crippen molar-refractivity contribution in [3.63, 3.8) is 0 Å². The van der Waals surface area contributed by atoms with Crippen LogP contribution in [0.3, 0.4) is 0 Å². The van der Waals surface area contributed by atoms with Crippen LogP contribution in [-0.2, 0) is 23.2 Å². The lowest BCUT2D eigenvalue weighted by atomic mass is 9.56. The van der Waals surface area contributed by atoms with Crippen LogP contribution in [0.4, 0.5) is 0 Å². The van der Waals surface area contributed by atoms with Crippen LogP contribution in [-0.4, -0.2) is 34.1 Å². The third-order valence-corrected chi connectivity index (χ3v) is 7.62. The molecule has 3 aliphatic rings. The average Bonchev–Trinajstić information content (AvgIpc) is 3.01. The first-order valence-corrected chi connectivity index (χ1v) is 10.3. The second-order valence-electron chi connectivity index (χ2n) is 9.10. The Hall–Kier alpha value is -2.17. The molecule has 4 heteroatoms. The van der Waals surface area contributed by atoms with Gasteiger partial charge in [-0.15, -0.1) is 0 Å². The molecule has 0 spiro atoms. The number of amides is 1. The number of hydrogen-bond donors (Lipinski definition) is 2. The highest BCUT2D eigenvalue weighted by atomic mass is 16.3. The molecular weight excluding hydrogens is 348 g/mol. The molecule has 1 aliphatic heterocycles. The molecule has 1 heterocycles. The minimum atomic E-state index is -0.902. The van der Waals surface area contributed by atoms with Crippen LogP contribution in [0.5, 0.6) is 0 Å². The SMILES string of the molecule is Cc1ccc2c(c1)[C@]13CCN(Cc4ccccc4)[C@H](C2)[C@]1(O)CC(C(N)=O)C3. The number of piperidine rings is 1. The molecule has 1 unspecified atom stereocenters. The summed E-state index contributed by atoms with van der Waals surface area (Å²) in [5.41, 5.74) is 9.53. The van der Waals surface area contributed by atoms with Gasteiger partial charge in [0.1, 0.15) is 0 Å². The first-order valence-electron chi connectivity index (χ1n) is 10.3. The van der Waals surface area contributed by atoms with E-state index in [0.717, 1.165) is 25.9 Å². The fourth-order valence-electron chi connectivity index (χ4n) is 6.31. The van der Waals surface area contributed by atoms with Crippen molar-refractivity contribution in [2.24, 2.45) is 11.7 Å². The maximum absolute atomic E-state index is 12.1. The quantitative estimate of drug-likeness (QED) is 0.866. The van der Waals surface area contributed by atoms with Gasteiger partial charge in [0.05, 0.1) is 5.60 Å². The lowest BCUT2D eigenvalue weighted by Crippen LogP contribution is -2.69. The van der Waals surface area contributed by atoms with E-state index in [-0.39, 0.29) is 23.3 Å². The Morgan fingerprint density at radius 1 is 1.21 bits per heavy atom. The minimum absolute atomic E-state index is 0.0148. The van der Waals surface area contributed by atoms with Crippen molar-refractivity contribution in [1.82, 2.24) is 4.90 Å². The number of carbonyl (C=O) groups excluding carboxylic acids is 1. The normalized spacial score (nSPS) is 33.9. The van der Waals surface area contributed by atoms with Gasteiger partial charge >= 0.3 is 0 Å².